The Hall–Kier alpha value is -0.920. The Morgan fingerprint density at radius 1 is 1.06 bits per heavy atom. The zero-order valence-electron chi connectivity index (χ0n) is 9.22. The van der Waals surface area contributed by atoms with E-state index >= 15 is 0 Å². The van der Waals surface area contributed by atoms with Crippen molar-refractivity contribution in [1.82, 2.24) is 5.32 Å². The van der Waals surface area contributed by atoms with Gasteiger partial charge in [0.15, 0.2) is 0 Å². The lowest BCUT2D eigenvalue weighted by atomic mass is 9.95. The molecule has 1 aromatic carbocycles. The van der Waals surface area contributed by atoms with Gasteiger partial charge in [-0.3, -0.25) is 0 Å². The van der Waals surface area contributed by atoms with Crippen molar-refractivity contribution in [1.29, 1.82) is 0 Å². The average molecular weight is 254 g/mol. The van der Waals surface area contributed by atoms with Crippen LogP contribution in [0.3, 0.4) is 0 Å². The Bertz CT molecular complexity index is 457. The molecule has 1 N–H and O–H groups in total. The molecule has 84 valence electrons. The predicted molar refractivity (Wildman–Crippen MR) is 69.9 cm³/mol. The van der Waals surface area contributed by atoms with Gasteiger partial charge in [-0.1, -0.05) is 47.5 Å². The van der Waals surface area contributed by atoms with Crippen molar-refractivity contribution < 1.29 is 0 Å². The summed E-state index contributed by atoms with van der Waals surface area (Å²) in [6.07, 6.45) is 4.29. The van der Waals surface area contributed by atoms with E-state index in [1.165, 1.54) is 0 Å². The molecule has 0 saturated carbocycles. The third-order valence-corrected chi connectivity index (χ3v) is 3.43. The molecule has 0 spiro atoms. The lowest BCUT2D eigenvalue weighted by Gasteiger charge is -2.20. The van der Waals surface area contributed by atoms with Gasteiger partial charge in [0.05, 0.1) is 10.0 Å². The van der Waals surface area contributed by atoms with Crippen LogP contribution in [0.4, 0.5) is 0 Å². The summed E-state index contributed by atoms with van der Waals surface area (Å²) >= 11 is 12.2. The zero-order chi connectivity index (χ0) is 11.7. The normalized spacial score (nSPS) is 16.5. The topological polar surface area (TPSA) is 12.0 Å². The number of dihydropyridines is 1. The average Bonchev–Trinajstić information content (AvgIpc) is 2.20. The van der Waals surface area contributed by atoms with Crippen LogP contribution in [0.15, 0.2) is 41.7 Å². The van der Waals surface area contributed by atoms with Gasteiger partial charge in [-0.25, -0.2) is 0 Å². The molecule has 0 saturated heterocycles. The summed E-state index contributed by atoms with van der Waals surface area (Å²) in [6, 6.07) is 5.75. The second kappa shape index (κ2) is 4.52. The first kappa shape index (κ1) is 11.6. The molecule has 0 bridgehead atoms. The van der Waals surface area contributed by atoms with Crippen LogP contribution < -0.4 is 5.32 Å². The summed E-state index contributed by atoms with van der Waals surface area (Å²) < 4.78 is 0. The van der Waals surface area contributed by atoms with Crippen molar-refractivity contribution in [2.24, 2.45) is 0 Å². The van der Waals surface area contributed by atoms with Gasteiger partial charge < -0.3 is 5.32 Å². The molecular weight excluding hydrogens is 241 g/mol. The van der Waals surface area contributed by atoms with Crippen molar-refractivity contribution in [3.8, 4) is 0 Å². The number of benzene rings is 1. The molecule has 0 unspecified atom stereocenters. The van der Waals surface area contributed by atoms with Crippen LogP contribution in [0.25, 0.3) is 0 Å². The third kappa shape index (κ3) is 2.26. The van der Waals surface area contributed by atoms with Crippen LogP contribution in [-0.4, -0.2) is 0 Å². The fraction of sp³-hybridized carbons (Fsp3) is 0.231. The quantitative estimate of drug-likeness (QED) is 0.778. The van der Waals surface area contributed by atoms with Gasteiger partial charge in [-0.05, 0) is 25.5 Å². The molecule has 1 heterocycles. The van der Waals surface area contributed by atoms with E-state index in [1.807, 2.05) is 32.0 Å². The van der Waals surface area contributed by atoms with Gasteiger partial charge in [0, 0.05) is 17.3 Å². The van der Waals surface area contributed by atoms with Crippen molar-refractivity contribution in [3.05, 3.63) is 57.4 Å². The third-order valence-electron chi connectivity index (χ3n) is 2.59. The van der Waals surface area contributed by atoms with Crippen molar-refractivity contribution in [2.75, 3.05) is 0 Å². The number of nitrogens with one attached hydrogen (secondary N) is 1. The summed E-state index contributed by atoms with van der Waals surface area (Å²) in [5.41, 5.74) is 3.33. The van der Waals surface area contributed by atoms with E-state index in [0.717, 1.165) is 17.0 Å². The van der Waals surface area contributed by atoms with Gasteiger partial charge in [0.25, 0.3) is 0 Å². The highest BCUT2D eigenvalue weighted by molar-refractivity contribution is 6.42. The van der Waals surface area contributed by atoms with E-state index in [4.69, 9.17) is 23.2 Å². The molecule has 1 nitrogen and oxygen atoms in total. The molecule has 0 fully saturated rings. The van der Waals surface area contributed by atoms with E-state index in [2.05, 4.69) is 17.5 Å². The van der Waals surface area contributed by atoms with Crippen LogP contribution in [0, 0.1) is 0 Å². The lowest BCUT2D eigenvalue weighted by molar-refractivity contribution is 0.870. The van der Waals surface area contributed by atoms with Gasteiger partial charge in [0.1, 0.15) is 0 Å². The fourth-order valence-corrected chi connectivity index (χ4v) is 2.37. The monoisotopic (exact) mass is 253 g/mol. The zero-order valence-corrected chi connectivity index (χ0v) is 10.7. The van der Waals surface area contributed by atoms with Crippen LogP contribution in [0.5, 0.6) is 0 Å². The molecule has 0 atom stereocenters. The van der Waals surface area contributed by atoms with E-state index in [0.29, 0.717) is 10.0 Å². The highest BCUT2D eigenvalue weighted by Crippen LogP contribution is 2.34. The van der Waals surface area contributed by atoms with Crippen LogP contribution >= 0.6 is 23.2 Å². The molecule has 0 amide bonds. The Kier molecular flexibility index (Phi) is 3.27. The Labute approximate surface area is 106 Å². The van der Waals surface area contributed by atoms with Crippen molar-refractivity contribution in [3.63, 3.8) is 0 Å². The molecule has 3 heteroatoms. The summed E-state index contributed by atoms with van der Waals surface area (Å²) in [5, 5.41) is 4.51. The first-order valence-corrected chi connectivity index (χ1v) is 5.91. The Balaban J connectivity index is 2.44. The molecule has 1 aliphatic heterocycles. The lowest BCUT2D eigenvalue weighted by Crippen LogP contribution is -2.15. The predicted octanol–water partition coefficient (Wildman–Crippen LogP) is 4.49. The highest BCUT2D eigenvalue weighted by Gasteiger charge is 2.15. The number of hydrogen-bond donors (Lipinski definition) is 1. The summed E-state index contributed by atoms with van der Waals surface area (Å²) in [7, 11) is 0. The van der Waals surface area contributed by atoms with Crippen LogP contribution in [-0.2, 0) is 0 Å². The van der Waals surface area contributed by atoms with Gasteiger partial charge >= 0.3 is 0 Å². The Morgan fingerprint density at radius 3 is 2.31 bits per heavy atom. The van der Waals surface area contributed by atoms with E-state index in [-0.39, 0.29) is 5.92 Å². The van der Waals surface area contributed by atoms with Gasteiger partial charge in [-0.15, -0.1) is 0 Å². The van der Waals surface area contributed by atoms with E-state index in [1.54, 1.807) is 0 Å². The molecule has 1 aliphatic rings. The molecule has 1 aromatic rings. The second-order valence-electron chi connectivity index (χ2n) is 3.99. The first-order chi connectivity index (χ1) is 7.58. The molecule has 0 radical (unpaired) electrons. The molecule has 2 rings (SSSR count). The minimum absolute atomic E-state index is 0.201. The summed E-state index contributed by atoms with van der Waals surface area (Å²) in [4.78, 5) is 0. The maximum absolute atomic E-state index is 6.21. The van der Waals surface area contributed by atoms with E-state index in [9.17, 15) is 0 Å². The standard InChI is InChI=1S/C13H13Cl2N/c1-8-6-10(7-9(2)16-8)11-4-3-5-12(14)13(11)15/h3-7,10,16H,1-2H3. The molecule has 0 aromatic heterocycles. The van der Waals surface area contributed by atoms with Gasteiger partial charge in [-0.2, -0.15) is 0 Å². The molecule has 16 heavy (non-hydrogen) atoms. The summed E-state index contributed by atoms with van der Waals surface area (Å²) in [5.74, 6) is 0.201. The van der Waals surface area contributed by atoms with E-state index < -0.39 is 0 Å². The second-order valence-corrected chi connectivity index (χ2v) is 4.78. The number of hydrogen-bond acceptors (Lipinski definition) is 1. The van der Waals surface area contributed by atoms with Crippen LogP contribution in [0.2, 0.25) is 10.0 Å². The van der Waals surface area contributed by atoms with Crippen molar-refractivity contribution >= 4 is 23.2 Å². The maximum atomic E-state index is 6.21. The highest BCUT2D eigenvalue weighted by atomic mass is 35.5. The molecule has 0 aliphatic carbocycles. The molecular formula is C13H13Cl2N. The smallest absolute Gasteiger partial charge is 0.0633 e. The number of halogens is 2. The largest absolute Gasteiger partial charge is 0.363 e. The Morgan fingerprint density at radius 2 is 1.69 bits per heavy atom. The van der Waals surface area contributed by atoms with Crippen molar-refractivity contribution in [2.45, 2.75) is 19.8 Å². The number of allylic oxidation sites excluding steroid dienone is 4. The fourth-order valence-electron chi connectivity index (χ4n) is 1.94. The first-order valence-electron chi connectivity index (χ1n) is 5.15. The summed E-state index contributed by atoms with van der Waals surface area (Å²) in [6.45, 7) is 4.09. The number of rotatable bonds is 1. The van der Waals surface area contributed by atoms with Gasteiger partial charge in [0.2, 0.25) is 0 Å². The SMILES string of the molecule is CC1=CC(c2cccc(Cl)c2Cl)C=C(C)N1. The minimum atomic E-state index is 0.201. The maximum Gasteiger partial charge on any atom is 0.0633 e. The van der Waals surface area contributed by atoms with Crippen LogP contribution in [0.1, 0.15) is 25.3 Å². The minimum Gasteiger partial charge on any atom is -0.363 e.